The first-order valence-corrected chi connectivity index (χ1v) is 12.5. The molecule has 0 aliphatic carbocycles. The van der Waals surface area contributed by atoms with Crippen molar-refractivity contribution in [1.29, 1.82) is 5.26 Å². The molecule has 8 heteroatoms. The molecule has 1 aliphatic heterocycles. The second kappa shape index (κ2) is 11.3. The quantitative estimate of drug-likeness (QED) is 0.480. The van der Waals surface area contributed by atoms with Crippen molar-refractivity contribution >= 4 is 17.2 Å². The van der Waals surface area contributed by atoms with Gasteiger partial charge in [-0.2, -0.15) is 10.4 Å². The van der Waals surface area contributed by atoms with Gasteiger partial charge in [-0.3, -0.25) is 9.69 Å². The van der Waals surface area contributed by atoms with Gasteiger partial charge in [0.05, 0.1) is 6.20 Å². The van der Waals surface area contributed by atoms with E-state index in [1.165, 1.54) is 17.4 Å². The molecule has 0 saturated carbocycles. The molecule has 0 atom stereocenters. The number of hydrogen-bond acceptors (Lipinski definition) is 6. The van der Waals surface area contributed by atoms with Gasteiger partial charge in [-0.15, -0.1) is 0 Å². The minimum atomic E-state index is 0.0637. The molecule has 1 fully saturated rings. The van der Waals surface area contributed by atoms with Crippen LogP contribution in [-0.2, 0) is 11.2 Å². The molecule has 1 amide bonds. The lowest BCUT2D eigenvalue weighted by Gasteiger charge is -2.36. The van der Waals surface area contributed by atoms with Gasteiger partial charge in [-0.05, 0) is 69.8 Å². The Morgan fingerprint density at radius 2 is 1.94 bits per heavy atom. The monoisotopic (exact) mass is 473 g/mol. The fourth-order valence-electron chi connectivity index (χ4n) is 4.82. The fraction of sp³-hybridized carbons (Fsp3) is 0.481. The normalized spacial score (nSPS) is 14.3. The number of benzene rings is 1. The van der Waals surface area contributed by atoms with E-state index in [0.717, 1.165) is 62.5 Å². The molecule has 1 aromatic carbocycles. The van der Waals surface area contributed by atoms with Gasteiger partial charge in [0.15, 0.2) is 5.65 Å². The van der Waals surface area contributed by atoms with Gasteiger partial charge in [0.25, 0.3) is 0 Å². The predicted molar refractivity (Wildman–Crippen MR) is 138 cm³/mol. The van der Waals surface area contributed by atoms with Crippen molar-refractivity contribution in [1.82, 2.24) is 24.8 Å². The van der Waals surface area contributed by atoms with Crippen molar-refractivity contribution in [2.45, 2.75) is 46.5 Å². The van der Waals surface area contributed by atoms with E-state index in [9.17, 15) is 10.1 Å². The smallest absolute Gasteiger partial charge is 0.220 e. The number of piperazine rings is 1. The van der Waals surface area contributed by atoms with Crippen molar-refractivity contribution in [2.24, 2.45) is 0 Å². The molecular formula is C27H35N7O. The first-order chi connectivity index (χ1) is 17.0. The molecule has 184 valence electrons. The van der Waals surface area contributed by atoms with E-state index in [1.807, 2.05) is 13.8 Å². The van der Waals surface area contributed by atoms with Crippen LogP contribution in [0.5, 0.6) is 0 Å². The molecule has 0 radical (unpaired) electrons. The highest BCUT2D eigenvalue weighted by Gasteiger charge is 2.17. The number of amides is 1. The summed E-state index contributed by atoms with van der Waals surface area (Å²) in [6.07, 6.45) is 4.64. The summed E-state index contributed by atoms with van der Waals surface area (Å²) < 4.78 is 1.69. The summed E-state index contributed by atoms with van der Waals surface area (Å²) in [5, 5.41) is 16.5. The summed E-state index contributed by atoms with van der Waals surface area (Å²) in [5.41, 5.74) is 6.48. The van der Waals surface area contributed by atoms with Crippen LogP contribution in [0.4, 0.5) is 5.69 Å². The third-order valence-electron chi connectivity index (χ3n) is 6.89. The molecule has 3 heterocycles. The average Bonchev–Trinajstić information content (AvgIpc) is 3.27. The standard InChI is InChI=1S/C27H35N7O/c1-20-7-6-8-24(17-20)33-15-13-32(14-16-33)12-5-4-11-29-26(35)10-9-25-21(2)31-27-23(18-28)19-30-34(27)22(25)3/h6-8,17,19H,4-5,9-16H2,1-3H3,(H,29,35). The van der Waals surface area contributed by atoms with Crippen LogP contribution in [0.3, 0.4) is 0 Å². The zero-order valence-electron chi connectivity index (χ0n) is 21.0. The zero-order valence-corrected chi connectivity index (χ0v) is 21.0. The number of carbonyl (C=O) groups is 1. The van der Waals surface area contributed by atoms with E-state index < -0.39 is 0 Å². The fourth-order valence-corrected chi connectivity index (χ4v) is 4.82. The maximum atomic E-state index is 12.4. The number of nitriles is 1. The van der Waals surface area contributed by atoms with Crippen LogP contribution in [0.1, 0.15) is 47.3 Å². The highest BCUT2D eigenvalue weighted by molar-refractivity contribution is 5.76. The number of anilines is 1. The van der Waals surface area contributed by atoms with Gasteiger partial charge in [0.2, 0.25) is 5.91 Å². The zero-order chi connectivity index (χ0) is 24.8. The average molecular weight is 474 g/mol. The number of aromatic nitrogens is 3. The minimum Gasteiger partial charge on any atom is -0.369 e. The first-order valence-electron chi connectivity index (χ1n) is 12.5. The minimum absolute atomic E-state index is 0.0637. The van der Waals surface area contributed by atoms with Gasteiger partial charge < -0.3 is 10.2 Å². The molecule has 0 unspecified atom stereocenters. The maximum Gasteiger partial charge on any atom is 0.220 e. The molecule has 8 nitrogen and oxygen atoms in total. The Hall–Kier alpha value is -3.44. The molecular weight excluding hydrogens is 438 g/mol. The Labute approximate surface area is 207 Å². The number of rotatable bonds is 9. The lowest BCUT2D eigenvalue weighted by molar-refractivity contribution is -0.121. The molecule has 1 saturated heterocycles. The number of fused-ring (bicyclic) bond motifs is 1. The highest BCUT2D eigenvalue weighted by atomic mass is 16.1. The largest absolute Gasteiger partial charge is 0.369 e. The van der Waals surface area contributed by atoms with Crippen molar-refractivity contribution in [2.75, 3.05) is 44.2 Å². The van der Waals surface area contributed by atoms with Crippen LogP contribution < -0.4 is 10.2 Å². The molecule has 4 rings (SSSR count). The van der Waals surface area contributed by atoms with Crippen molar-refractivity contribution in [3.63, 3.8) is 0 Å². The van der Waals surface area contributed by atoms with E-state index in [1.54, 1.807) is 4.52 Å². The Morgan fingerprint density at radius 1 is 1.14 bits per heavy atom. The van der Waals surface area contributed by atoms with E-state index in [2.05, 4.69) is 62.5 Å². The molecule has 1 N–H and O–H groups in total. The highest BCUT2D eigenvalue weighted by Crippen LogP contribution is 2.19. The van der Waals surface area contributed by atoms with E-state index in [-0.39, 0.29) is 5.91 Å². The Morgan fingerprint density at radius 3 is 2.69 bits per heavy atom. The van der Waals surface area contributed by atoms with E-state index in [0.29, 0.717) is 30.6 Å². The van der Waals surface area contributed by atoms with Crippen LogP contribution in [-0.4, -0.2) is 64.7 Å². The van der Waals surface area contributed by atoms with Crippen LogP contribution in [0.2, 0.25) is 0 Å². The second-order valence-electron chi connectivity index (χ2n) is 9.39. The van der Waals surface area contributed by atoms with Crippen molar-refractivity contribution in [3.05, 3.63) is 58.5 Å². The summed E-state index contributed by atoms with van der Waals surface area (Å²) in [7, 11) is 0. The van der Waals surface area contributed by atoms with Crippen molar-refractivity contribution in [3.8, 4) is 6.07 Å². The van der Waals surface area contributed by atoms with Crippen LogP contribution in [0, 0.1) is 32.1 Å². The summed E-state index contributed by atoms with van der Waals surface area (Å²) in [6.45, 7) is 12.1. The number of carbonyl (C=O) groups excluding carboxylic acids is 1. The van der Waals surface area contributed by atoms with Gasteiger partial charge in [-0.1, -0.05) is 12.1 Å². The van der Waals surface area contributed by atoms with Crippen molar-refractivity contribution < 1.29 is 4.79 Å². The molecule has 0 spiro atoms. The SMILES string of the molecule is Cc1cccc(N2CCN(CCCCNC(=O)CCc3c(C)nc4c(C#N)cnn4c3C)CC2)c1. The molecule has 1 aliphatic rings. The van der Waals surface area contributed by atoms with Gasteiger partial charge in [0.1, 0.15) is 11.6 Å². The molecule has 35 heavy (non-hydrogen) atoms. The topological polar surface area (TPSA) is 89.6 Å². The van der Waals surface area contributed by atoms with Crippen LogP contribution >= 0.6 is 0 Å². The second-order valence-corrected chi connectivity index (χ2v) is 9.39. The number of hydrogen-bond donors (Lipinski definition) is 1. The molecule has 3 aromatic rings. The third-order valence-corrected chi connectivity index (χ3v) is 6.89. The van der Waals surface area contributed by atoms with Crippen LogP contribution in [0.15, 0.2) is 30.5 Å². The predicted octanol–water partition coefficient (Wildman–Crippen LogP) is 3.18. The number of nitrogens with one attached hydrogen (secondary N) is 1. The Balaban J connectivity index is 1.14. The number of unbranched alkanes of at least 4 members (excludes halogenated alkanes) is 1. The van der Waals surface area contributed by atoms with Gasteiger partial charge in [0, 0.05) is 56.2 Å². The summed E-state index contributed by atoms with van der Waals surface area (Å²) >= 11 is 0. The lowest BCUT2D eigenvalue weighted by Crippen LogP contribution is -2.46. The van der Waals surface area contributed by atoms with Gasteiger partial charge in [-0.25, -0.2) is 9.50 Å². The molecule has 0 bridgehead atoms. The maximum absolute atomic E-state index is 12.4. The summed E-state index contributed by atoms with van der Waals surface area (Å²) in [5.74, 6) is 0.0637. The number of nitrogens with zero attached hydrogens (tertiary/aromatic N) is 6. The van der Waals surface area contributed by atoms with Gasteiger partial charge >= 0.3 is 0 Å². The third kappa shape index (κ3) is 5.98. The summed E-state index contributed by atoms with van der Waals surface area (Å²) in [6, 6.07) is 10.9. The Kier molecular flexibility index (Phi) is 7.98. The first kappa shape index (κ1) is 24.7. The summed E-state index contributed by atoms with van der Waals surface area (Å²) in [4.78, 5) is 21.9. The van der Waals surface area contributed by atoms with Crippen LogP contribution in [0.25, 0.3) is 5.65 Å². The van der Waals surface area contributed by atoms with E-state index in [4.69, 9.17) is 0 Å². The molecule has 2 aromatic heterocycles. The Bertz CT molecular complexity index is 1220. The van der Waals surface area contributed by atoms with E-state index >= 15 is 0 Å². The lowest BCUT2D eigenvalue weighted by atomic mass is 10.1. The number of aryl methyl sites for hydroxylation is 3.